The Bertz CT molecular complexity index is 1030. The molecule has 37 heavy (non-hydrogen) atoms. The highest BCUT2D eigenvalue weighted by Crippen LogP contribution is 2.41. The van der Waals surface area contributed by atoms with Gasteiger partial charge in [0.15, 0.2) is 0 Å². The Kier molecular flexibility index (Phi) is 10.3. The molecule has 1 N–H and O–H groups in total. The Morgan fingerprint density at radius 3 is 2.59 bits per heavy atom. The van der Waals surface area contributed by atoms with Crippen molar-refractivity contribution in [2.24, 2.45) is 0 Å². The Morgan fingerprint density at radius 2 is 1.92 bits per heavy atom. The molecule has 0 aliphatic carbocycles. The summed E-state index contributed by atoms with van der Waals surface area (Å²) in [5.74, 6) is -0.0784. The normalized spacial score (nSPS) is 15.7. The molecule has 1 saturated heterocycles. The second-order valence-corrected chi connectivity index (χ2v) is 9.55. The maximum atomic E-state index is 12.6. The van der Waals surface area contributed by atoms with Gasteiger partial charge in [0.25, 0.3) is 0 Å². The fourth-order valence-electron chi connectivity index (χ4n) is 4.46. The number of urea groups is 1. The van der Waals surface area contributed by atoms with Crippen LogP contribution in [0.15, 0.2) is 11.6 Å². The number of benzene rings is 1. The summed E-state index contributed by atoms with van der Waals surface area (Å²) in [5.41, 5.74) is 4.00. The Morgan fingerprint density at radius 1 is 1.19 bits per heavy atom. The van der Waals surface area contributed by atoms with Gasteiger partial charge in [0.1, 0.15) is 12.4 Å². The van der Waals surface area contributed by atoms with Gasteiger partial charge in [-0.25, -0.2) is 9.59 Å². The summed E-state index contributed by atoms with van der Waals surface area (Å²) < 4.78 is 21.7. The predicted molar refractivity (Wildman–Crippen MR) is 139 cm³/mol. The number of hydrogen-bond acceptors (Lipinski definition) is 8. The molecule has 2 heterocycles. The number of hydrogen-bond donors (Lipinski definition) is 1. The molecular formula is C27H39N3O7. The zero-order chi connectivity index (χ0) is 26.9. The fraction of sp³-hybridized carbons (Fsp3) is 0.593. The maximum Gasteiger partial charge on any atom is 0.341 e. The molecule has 3 rings (SSSR count). The van der Waals surface area contributed by atoms with Gasteiger partial charge in [0.05, 0.1) is 38.2 Å². The third-order valence-corrected chi connectivity index (χ3v) is 6.68. The summed E-state index contributed by atoms with van der Waals surface area (Å²) in [6, 6.07) is -0.355. The van der Waals surface area contributed by atoms with E-state index in [4.69, 9.17) is 18.9 Å². The standard InChI is InChI=1S/C27H39N3O7/c1-18(8-10-22(31)36-14-6-11-30-12-15-35-16-13-30)7-9-20-24(28-27(33)29(3)4)23-21(17-37-26(23)32)19(2)25(20)34-5/h7H,6,8-17H2,1-5H3,(H,28,33)/b18-7+. The summed E-state index contributed by atoms with van der Waals surface area (Å²) in [7, 11) is 4.83. The van der Waals surface area contributed by atoms with Crippen molar-refractivity contribution in [2.45, 2.75) is 46.1 Å². The van der Waals surface area contributed by atoms with Crippen LogP contribution in [0, 0.1) is 6.92 Å². The van der Waals surface area contributed by atoms with Gasteiger partial charge in [-0.2, -0.15) is 0 Å². The number of nitrogens with zero attached hydrogens (tertiary/aromatic N) is 2. The minimum atomic E-state index is -0.465. The number of amides is 2. The minimum absolute atomic E-state index is 0.144. The van der Waals surface area contributed by atoms with Crippen LogP contribution in [0.4, 0.5) is 10.5 Å². The van der Waals surface area contributed by atoms with Gasteiger partial charge >= 0.3 is 18.0 Å². The molecule has 0 spiro atoms. The molecule has 1 fully saturated rings. The number of esters is 2. The lowest BCUT2D eigenvalue weighted by Gasteiger charge is -2.26. The number of nitrogens with one attached hydrogen (secondary N) is 1. The van der Waals surface area contributed by atoms with Crippen LogP contribution in [0.2, 0.25) is 0 Å². The van der Waals surface area contributed by atoms with E-state index < -0.39 is 5.97 Å². The molecule has 204 valence electrons. The molecule has 0 saturated carbocycles. The topological polar surface area (TPSA) is 107 Å². The maximum absolute atomic E-state index is 12.6. The fourth-order valence-corrected chi connectivity index (χ4v) is 4.46. The Labute approximate surface area is 218 Å². The van der Waals surface area contributed by atoms with E-state index in [1.807, 2.05) is 19.9 Å². The summed E-state index contributed by atoms with van der Waals surface area (Å²) in [4.78, 5) is 41.0. The van der Waals surface area contributed by atoms with Gasteiger partial charge in [-0.3, -0.25) is 9.69 Å². The van der Waals surface area contributed by atoms with E-state index >= 15 is 0 Å². The average molecular weight is 518 g/mol. The van der Waals surface area contributed by atoms with E-state index in [1.165, 1.54) is 4.90 Å². The molecule has 1 aromatic rings. The van der Waals surface area contributed by atoms with E-state index in [2.05, 4.69) is 10.2 Å². The zero-order valence-electron chi connectivity index (χ0n) is 22.6. The highest BCUT2D eigenvalue weighted by Gasteiger charge is 2.32. The summed E-state index contributed by atoms with van der Waals surface area (Å²) >= 11 is 0. The predicted octanol–water partition coefficient (Wildman–Crippen LogP) is 3.30. The highest BCUT2D eigenvalue weighted by molar-refractivity contribution is 6.05. The number of allylic oxidation sites excluding steroid dienone is 2. The first kappa shape index (κ1) is 28.5. The number of anilines is 1. The number of carbonyl (C=O) groups is 3. The van der Waals surface area contributed by atoms with Crippen LogP contribution in [-0.4, -0.2) is 88.4 Å². The number of carbonyl (C=O) groups excluding carboxylic acids is 3. The van der Waals surface area contributed by atoms with E-state index in [9.17, 15) is 14.4 Å². The third-order valence-electron chi connectivity index (χ3n) is 6.68. The van der Waals surface area contributed by atoms with Gasteiger partial charge in [-0.15, -0.1) is 0 Å². The highest BCUT2D eigenvalue weighted by atomic mass is 16.5. The van der Waals surface area contributed by atoms with E-state index in [0.717, 1.165) is 56.0 Å². The van der Waals surface area contributed by atoms with Crippen molar-refractivity contribution in [1.29, 1.82) is 0 Å². The van der Waals surface area contributed by atoms with Crippen molar-refractivity contribution in [3.8, 4) is 5.75 Å². The van der Waals surface area contributed by atoms with E-state index in [-0.39, 0.29) is 25.0 Å². The Balaban J connectivity index is 1.63. The minimum Gasteiger partial charge on any atom is -0.496 e. The average Bonchev–Trinajstić information content (AvgIpc) is 3.28. The summed E-state index contributed by atoms with van der Waals surface area (Å²) in [6.07, 6.45) is 4.05. The molecule has 10 heteroatoms. The van der Waals surface area contributed by atoms with Crippen molar-refractivity contribution < 1.29 is 33.3 Å². The second kappa shape index (κ2) is 13.4. The van der Waals surface area contributed by atoms with E-state index in [0.29, 0.717) is 42.0 Å². The molecule has 1 aromatic carbocycles. The lowest BCUT2D eigenvalue weighted by Crippen LogP contribution is -2.37. The number of fused-ring (bicyclic) bond motifs is 1. The van der Waals surface area contributed by atoms with Crippen LogP contribution in [0.3, 0.4) is 0 Å². The lowest BCUT2D eigenvalue weighted by atomic mass is 9.93. The third kappa shape index (κ3) is 7.45. The van der Waals surface area contributed by atoms with Gasteiger partial charge in [-0.1, -0.05) is 11.6 Å². The second-order valence-electron chi connectivity index (χ2n) is 9.55. The van der Waals surface area contributed by atoms with Crippen LogP contribution >= 0.6 is 0 Å². The van der Waals surface area contributed by atoms with Crippen LogP contribution < -0.4 is 10.1 Å². The number of methoxy groups -OCH3 is 1. The van der Waals surface area contributed by atoms with Crippen LogP contribution in [0.1, 0.15) is 53.2 Å². The largest absolute Gasteiger partial charge is 0.496 e. The molecule has 0 atom stereocenters. The smallest absolute Gasteiger partial charge is 0.341 e. The van der Waals surface area contributed by atoms with Gasteiger partial charge in [0, 0.05) is 51.3 Å². The molecule has 2 aliphatic rings. The quantitative estimate of drug-likeness (QED) is 0.271. The van der Waals surface area contributed by atoms with Crippen LogP contribution in [0.25, 0.3) is 0 Å². The van der Waals surface area contributed by atoms with Crippen LogP contribution in [-0.2, 0) is 32.0 Å². The monoisotopic (exact) mass is 517 g/mol. The van der Waals surface area contributed by atoms with Crippen molar-refractivity contribution in [3.63, 3.8) is 0 Å². The first-order chi connectivity index (χ1) is 17.7. The number of morpholine rings is 1. The Hall–Kier alpha value is -3.11. The van der Waals surface area contributed by atoms with Gasteiger partial charge in [-0.05, 0) is 38.7 Å². The summed E-state index contributed by atoms with van der Waals surface area (Å²) in [6.45, 7) is 8.66. The molecule has 10 nitrogen and oxygen atoms in total. The number of ether oxygens (including phenoxy) is 4. The first-order valence-electron chi connectivity index (χ1n) is 12.7. The van der Waals surface area contributed by atoms with Crippen molar-refractivity contribution in [2.75, 3.05) is 66.0 Å². The molecule has 0 bridgehead atoms. The van der Waals surface area contributed by atoms with Gasteiger partial charge in [0.2, 0.25) is 0 Å². The molecular weight excluding hydrogens is 478 g/mol. The van der Waals surface area contributed by atoms with Gasteiger partial charge < -0.3 is 29.2 Å². The lowest BCUT2D eigenvalue weighted by molar-refractivity contribution is -0.143. The van der Waals surface area contributed by atoms with Crippen molar-refractivity contribution in [3.05, 3.63) is 33.9 Å². The van der Waals surface area contributed by atoms with Crippen molar-refractivity contribution >= 4 is 23.7 Å². The molecule has 2 amide bonds. The van der Waals surface area contributed by atoms with Crippen LogP contribution in [0.5, 0.6) is 5.75 Å². The van der Waals surface area contributed by atoms with Crippen molar-refractivity contribution in [1.82, 2.24) is 9.80 Å². The number of cyclic esters (lactones) is 1. The first-order valence-corrected chi connectivity index (χ1v) is 12.7. The molecule has 0 aromatic heterocycles. The molecule has 0 unspecified atom stereocenters. The molecule has 2 aliphatic heterocycles. The zero-order valence-corrected chi connectivity index (χ0v) is 22.6. The molecule has 0 radical (unpaired) electrons. The van der Waals surface area contributed by atoms with E-state index in [1.54, 1.807) is 21.2 Å². The number of rotatable bonds is 11. The summed E-state index contributed by atoms with van der Waals surface area (Å²) in [5, 5.41) is 2.86. The SMILES string of the molecule is COc1c(C)c2c(c(NC(=O)N(C)C)c1C/C=C(\C)CCC(=O)OCCCN1CCOCC1)C(=O)OC2.